The first-order valence-electron chi connectivity index (χ1n) is 17.0. The summed E-state index contributed by atoms with van der Waals surface area (Å²) >= 11 is 0. The summed E-state index contributed by atoms with van der Waals surface area (Å²) in [5, 5.41) is 10.8. The van der Waals surface area contributed by atoms with E-state index in [1.165, 1.54) is 18.4 Å². The minimum Gasteiger partial charge on any atom is -0.389 e. The zero-order valence-corrected chi connectivity index (χ0v) is 32.9. The summed E-state index contributed by atoms with van der Waals surface area (Å²) in [4.78, 5) is 0. The molecule has 0 atom stereocenters. The summed E-state index contributed by atoms with van der Waals surface area (Å²) in [6.45, 7) is 45.9. The molecule has 1 N–H and O–H groups in total. The SMILES string of the molecule is C.CC1(C)C=C(C(C)(C)C)CC(C)(C)O1.CC1(C)CC(C(C)(C)C)CC(C)(C)O1.CC1(C)CC(O)(C(C)(C)C)CC(C)(C)O1. The molecule has 44 heavy (non-hydrogen) atoms. The molecular formula is C40H80O4. The molecule has 0 amide bonds. The molecule has 2 fully saturated rings. The van der Waals surface area contributed by atoms with Crippen LogP contribution in [0.1, 0.15) is 185 Å². The second kappa shape index (κ2) is 13.2. The van der Waals surface area contributed by atoms with Gasteiger partial charge in [0.2, 0.25) is 0 Å². The Bertz CT molecular complexity index is 923. The topological polar surface area (TPSA) is 47.9 Å². The van der Waals surface area contributed by atoms with E-state index >= 15 is 0 Å². The van der Waals surface area contributed by atoms with E-state index in [0.29, 0.717) is 18.3 Å². The molecule has 0 aromatic rings. The Labute approximate surface area is 276 Å². The highest BCUT2D eigenvalue weighted by atomic mass is 16.5. The first kappa shape index (κ1) is 43.6. The molecule has 4 heteroatoms. The zero-order valence-electron chi connectivity index (χ0n) is 32.9. The standard InChI is InChI=1S/C13H26O2.C13H26O.C13H24O.CH4/c1-10(2,3)13(14)8-11(4,5)15-12(6,7)9-13;2*1-11(2,3)10-8-12(4,5)14-13(6,7)9-10;/h14H,8-9H2,1-7H3;10H,8-9H2,1-7H3;8H,9H2,1-7H3;1H4. The van der Waals surface area contributed by atoms with E-state index < -0.39 is 5.60 Å². The average Bonchev–Trinajstić information content (AvgIpc) is 2.58. The van der Waals surface area contributed by atoms with Gasteiger partial charge in [0.1, 0.15) is 0 Å². The summed E-state index contributed by atoms with van der Waals surface area (Å²) in [6, 6.07) is 0. The molecule has 3 aliphatic rings. The van der Waals surface area contributed by atoms with Crippen LogP contribution in [-0.4, -0.2) is 44.3 Å². The van der Waals surface area contributed by atoms with Crippen LogP contribution in [0.4, 0.5) is 0 Å². The van der Waals surface area contributed by atoms with Crippen molar-refractivity contribution >= 4 is 0 Å². The van der Waals surface area contributed by atoms with Crippen molar-refractivity contribution in [3.8, 4) is 0 Å². The van der Waals surface area contributed by atoms with Crippen LogP contribution in [0.25, 0.3) is 0 Å². The van der Waals surface area contributed by atoms with E-state index in [-0.39, 0.29) is 51.9 Å². The van der Waals surface area contributed by atoms with Gasteiger partial charge in [-0.05, 0) is 125 Å². The molecule has 3 heterocycles. The molecule has 0 bridgehead atoms. The Kier molecular flexibility index (Phi) is 13.1. The van der Waals surface area contributed by atoms with Crippen LogP contribution < -0.4 is 0 Å². The van der Waals surface area contributed by atoms with Crippen molar-refractivity contribution in [3.05, 3.63) is 11.6 Å². The van der Waals surface area contributed by atoms with Crippen LogP contribution in [-0.2, 0) is 14.2 Å². The zero-order chi connectivity index (χ0) is 34.5. The summed E-state index contributed by atoms with van der Waals surface area (Å²) < 4.78 is 18.1. The van der Waals surface area contributed by atoms with Gasteiger partial charge >= 0.3 is 0 Å². The molecule has 264 valence electrons. The predicted octanol–water partition coefficient (Wildman–Crippen LogP) is 11.7. The molecule has 2 saturated heterocycles. The monoisotopic (exact) mass is 625 g/mol. The molecule has 0 aromatic carbocycles. The average molecular weight is 625 g/mol. The summed E-state index contributed by atoms with van der Waals surface area (Å²) in [6.07, 6.45) is 7.10. The third-order valence-electron chi connectivity index (χ3n) is 9.28. The lowest BCUT2D eigenvalue weighted by molar-refractivity contribution is -0.245. The van der Waals surface area contributed by atoms with Gasteiger partial charge in [0.15, 0.2) is 0 Å². The molecule has 3 rings (SSSR count). The van der Waals surface area contributed by atoms with Crippen LogP contribution in [0.3, 0.4) is 0 Å². The maximum Gasteiger partial charge on any atom is 0.0816 e. The first-order valence-corrected chi connectivity index (χ1v) is 17.0. The Morgan fingerprint density at radius 2 is 0.955 bits per heavy atom. The highest BCUT2D eigenvalue weighted by molar-refractivity contribution is 5.21. The van der Waals surface area contributed by atoms with Crippen molar-refractivity contribution in [2.75, 3.05) is 0 Å². The van der Waals surface area contributed by atoms with E-state index in [2.05, 4.69) is 151 Å². The van der Waals surface area contributed by atoms with E-state index in [4.69, 9.17) is 14.2 Å². The summed E-state index contributed by atoms with van der Waals surface area (Å²) in [5.74, 6) is 0.765. The van der Waals surface area contributed by atoms with E-state index in [0.717, 1.165) is 12.3 Å². The number of aliphatic hydroxyl groups is 1. The van der Waals surface area contributed by atoms with E-state index in [1.54, 1.807) is 0 Å². The number of hydrogen-bond donors (Lipinski definition) is 1. The normalized spacial score (nSPS) is 26.8. The van der Waals surface area contributed by atoms with Gasteiger partial charge in [-0.25, -0.2) is 0 Å². The lowest BCUT2D eigenvalue weighted by atomic mass is 9.65. The van der Waals surface area contributed by atoms with Gasteiger partial charge in [0.05, 0.1) is 39.2 Å². The molecule has 4 nitrogen and oxygen atoms in total. The van der Waals surface area contributed by atoms with Crippen molar-refractivity contribution in [1.82, 2.24) is 0 Å². The second-order valence-corrected chi connectivity index (χ2v) is 20.9. The Balaban J connectivity index is 0.000000624. The lowest BCUT2D eigenvalue weighted by Crippen LogP contribution is -2.59. The molecule has 0 saturated carbocycles. The van der Waals surface area contributed by atoms with Gasteiger partial charge in [-0.1, -0.05) is 81.4 Å². The van der Waals surface area contributed by atoms with E-state index in [1.807, 2.05) is 0 Å². The fourth-order valence-corrected chi connectivity index (χ4v) is 7.71. The van der Waals surface area contributed by atoms with Gasteiger partial charge in [-0.3, -0.25) is 0 Å². The molecule has 3 aliphatic heterocycles. The maximum atomic E-state index is 10.8. The van der Waals surface area contributed by atoms with E-state index in [9.17, 15) is 5.11 Å². The molecular weight excluding hydrogens is 544 g/mol. The Hall–Kier alpha value is -0.420. The predicted molar refractivity (Wildman–Crippen MR) is 192 cm³/mol. The maximum absolute atomic E-state index is 10.8. The summed E-state index contributed by atoms with van der Waals surface area (Å²) in [7, 11) is 0. The first-order chi connectivity index (χ1) is 18.4. The number of ether oxygens (including phenoxy) is 3. The third kappa shape index (κ3) is 13.7. The smallest absolute Gasteiger partial charge is 0.0816 e. The van der Waals surface area contributed by atoms with Crippen molar-refractivity contribution in [2.24, 2.45) is 22.2 Å². The number of rotatable bonds is 0. The fraction of sp³-hybridized carbons (Fsp3) is 0.950. The van der Waals surface area contributed by atoms with Gasteiger partial charge in [-0.2, -0.15) is 0 Å². The highest BCUT2D eigenvalue weighted by Crippen LogP contribution is 2.49. The van der Waals surface area contributed by atoms with Crippen LogP contribution in [0.2, 0.25) is 0 Å². The van der Waals surface area contributed by atoms with Gasteiger partial charge in [0, 0.05) is 12.8 Å². The van der Waals surface area contributed by atoms with Crippen LogP contribution in [0.5, 0.6) is 0 Å². The minimum atomic E-state index is -0.641. The van der Waals surface area contributed by atoms with Crippen molar-refractivity contribution in [1.29, 1.82) is 0 Å². The van der Waals surface area contributed by atoms with Gasteiger partial charge < -0.3 is 19.3 Å². The van der Waals surface area contributed by atoms with Crippen LogP contribution in [0.15, 0.2) is 11.6 Å². The molecule has 0 aliphatic carbocycles. The van der Waals surface area contributed by atoms with Gasteiger partial charge in [-0.15, -0.1) is 0 Å². The van der Waals surface area contributed by atoms with Crippen LogP contribution >= 0.6 is 0 Å². The van der Waals surface area contributed by atoms with Crippen LogP contribution in [0, 0.1) is 22.2 Å². The summed E-state index contributed by atoms with van der Waals surface area (Å²) in [5.41, 5.74) is 0.872. The molecule has 0 aromatic heterocycles. The highest BCUT2D eigenvalue weighted by Gasteiger charge is 2.52. The number of hydrogen-bond acceptors (Lipinski definition) is 4. The third-order valence-corrected chi connectivity index (χ3v) is 9.28. The molecule has 0 spiro atoms. The lowest BCUT2D eigenvalue weighted by Gasteiger charge is -2.54. The largest absolute Gasteiger partial charge is 0.389 e. The molecule has 0 unspecified atom stereocenters. The van der Waals surface area contributed by atoms with Crippen molar-refractivity contribution < 1.29 is 19.3 Å². The second-order valence-electron chi connectivity index (χ2n) is 20.9. The van der Waals surface area contributed by atoms with Crippen molar-refractivity contribution in [2.45, 2.75) is 224 Å². The van der Waals surface area contributed by atoms with Crippen molar-refractivity contribution in [3.63, 3.8) is 0 Å². The minimum absolute atomic E-state index is 0. The Morgan fingerprint density at radius 3 is 1.25 bits per heavy atom. The Morgan fingerprint density at radius 1 is 0.591 bits per heavy atom. The quantitative estimate of drug-likeness (QED) is 0.272. The van der Waals surface area contributed by atoms with Gasteiger partial charge in [0.25, 0.3) is 0 Å². The molecule has 0 radical (unpaired) electrons. The fourth-order valence-electron chi connectivity index (χ4n) is 7.71.